The summed E-state index contributed by atoms with van der Waals surface area (Å²) >= 11 is 0. The lowest BCUT2D eigenvalue weighted by Gasteiger charge is -2.35. The molecule has 2 heterocycles. The third-order valence-corrected chi connectivity index (χ3v) is 6.34. The van der Waals surface area contributed by atoms with Crippen LogP contribution < -0.4 is 5.32 Å². The number of hydrogen-bond donors (Lipinski definition) is 1. The molecule has 0 aromatic rings. The molecule has 1 amide bonds. The minimum Gasteiger partial charge on any atom is -0.340 e. The fraction of sp³-hybridized carbons (Fsp3) is 0.929. The fourth-order valence-electron chi connectivity index (χ4n) is 2.98. The summed E-state index contributed by atoms with van der Waals surface area (Å²) in [6.07, 6.45) is 2.92. The van der Waals surface area contributed by atoms with Gasteiger partial charge in [-0.15, -0.1) is 0 Å². The number of nitrogens with one attached hydrogen (secondary N) is 1. The molecule has 0 atom stereocenters. The second kappa shape index (κ2) is 7.56. The van der Waals surface area contributed by atoms with E-state index in [9.17, 15) is 13.2 Å². The van der Waals surface area contributed by atoms with E-state index in [-0.39, 0.29) is 17.6 Å². The Labute approximate surface area is 127 Å². The second-order valence-corrected chi connectivity index (χ2v) is 8.01. The normalized spacial score (nSPS) is 22.4. The standard InChI is InChI=1S/C14H27N3O3S/c1-2-3-12-21(19,20)17-8-4-13(5-9-17)14(18)16-10-6-15-7-11-16/h13,15H,2-12H2,1H3. The summed E-state index contributed by atoms with van der Waals surface area (Å²) in [5, 5.41) is 3.24. The predicted molar refractivity (Wildman–Crippen MR) is 82.4 cm³/mol. The van der Waals surface area contributed by atoms with Gasteiger partial charge in [-0.1, -0.05) is 13.3 Å². The van der Waals surface area contributed by atoms with Crippen LogP contribution in [0.2, 0.25) is 0 Å². The van der Waals surface area contributed by atoms with Crippen molar-refractivity contribution in [1.82, 2.24) is 14.5 Å². The van der Waals surface area contributed by atoms with Crippen LogP contribution in [0.3, 0.4) is 0 Å². The number of amides is 1. The first-order valence-electron chi connectivity index (χ1n) is 8.02. The quantitative estimate of drug-likeness (QED) is 0.790. The van der Waals surface area contributed by atoms with Gasteiger partial charge in [0.25, 0.3) is 0 Å². The lowest BCUT2D eigenvalue weighted by molar-refractivity contribution is -0.137. The zero-order valence-electron chi connectivity index (χ0n) is 12.9. The van der Waals surface area contributed by atoms with Crippen molar-refractivity contribution >= 4 is 15.9 Å². The van der Waals surface area contributed by atoms with Crippen molar-refractivity contribution in [2.45, 2.75) is 32.6 Å². The van der Waals surface area contributed by atoms with E-state index >= 15 is 0 Å². The third kappa shape index (κ3) is 4.40. The number of carbonyl (C=O) groups is 1. The SMILES string of the molecule is CCCCS(=O)(=O)N1CCC(C(=O)N2CCNCC2)CC1. The summed E-state index contributed by atoms with van der Waals surface area (Å²) in [5.41, 5.74) is 0. The summed E-state index contributed by atoms with van der Waals surface area (Å²) in [6.45, 7) is 6.24. The molecule has 0 aliphatic carbocycles. The molecule has 0 spiro atoms. The predicted octanol–water partition coefficient (Wildman–Crippen LogP) is 0.260. The first-order chi connectivity index (χ1) is 10.0. The van der Waals surface area contributed by atoms with Crippen molar-refractivity contribution in [2.75, 3.05) is 45.0 Å². The summed E-state index contributed by atoms with van der Waals surface area (Å²) in [7, 11) is -3.12. The molecule has 1 N–H and O–H groups in total. The number of sulfonamides is 1. The van der Waals surface area contributed by atoms with E-state index < -0.39 is 10.0 Å². The number of unbranched alkanes of at least 4 members (excludes halogenated alkanes) is 1. The van der Waals surface area contributed by atoms with E-state index in [1.165, 1.54) is 0 Å². The van der Waals surface area contributed by atoms with Gasteiger partial charge in [-0.2, -0.15) is 0 Å². The maximum atomic E-state index is 12.4. The van der Waals surface area contributed by atoms with E-state index in [1.807, 2.05) is 11.8 Å². The number of piperazine rings is 1. The van der Waals surface area contributed by atoms with Gasteiger partial charge in [-0.05, 0) is 19.3 Å². The van der Waals surface area contributed by atoms with Crippen LogP contribution >= 0.6 is 0 Å². The molecule has 0 radical (unpaired) electrons. The van der Waals surface area contributed by atoms with Crippen molar-refractivity contribution < 1.29 is 13.2 Å². The zero-order chi connectivity index (χ0) is 15.3. The average molecular weight is 317 g/mol. The van der Waals surface area contributed by atoms with Gasteiger partial charge < -0.3 is 10.2 Å². The number of carbonyl (C=O) groups excluding carboxylic acids is 1. The Bertz CT molecular complexity index is 438. The molecule has 2 aliphatic heterocycles. The van der Waals surface area contributed by atoms with Gasteiger partial charge in [0, 0.05) is 45.2 Å². The van der Waals surface area contributed by atoms with Crippen LogP contribution in [0.4, 0.5) is 0 Å². The largest absolute Gasteiger partial charge is 0.340 e. The van der Waals surface area contributed by atoms with Gasteiger partial charge in [0.2, 0.25) is 15.9 Å². The Balaban J connectivity index is 1.83. The Morgan fingerprint density at radius 3 is 2.33 bits per heavy atom. The maximum Gasteiger partial charge on any atom is 0.225 e. The van der Waals surface area contributed by atoms with E-state index in [1.54, 1.807) is 4.31 Å². The van der Waals surface area contributed by atoms with Crippen LogP contribution in [0.1, 0.15) is 32.6 Å². The molecule has 21 heavy (non-hydrogen) atoms. The van der Waals surface area contributed by atoms with Gasteiger partial charge in [0.15, 0.2) is 0 Å². The monoisotopic (exact) mass is 317 g/mol. The zero-order valence-corrected chi connectivity index (χ0v) is 13.7. The molecule has 2 rings (SSSR count). The first kappa shape index (κ1) is 16.7. The average Bonchev–Trinajstić information content (AvgIpc) is 2.53. The molecule has 0 bridgehead atoms. The van der Waals surface area contributed by atoms with Gasteiger partial charge in [-0.3, -0.25) is 4.79 Å². The summed E-state index contributed by atoms with van der Waals surface area (Å²) in [6, 6.07) is 0. The highest BCUT2D eigenvalue weighted by atomic mass is 32.2. The van der Waals surface area contributed by atoms with Crippen LogP contribution in [0.15, 0.2) is 0 Å². The van der Waals surface area contributed by atoms with Crippen LogP contribution in [0.5, 0.6) is 0 Å². The minimum absolute atomic E-state index is 0.000671. The van der Waals surface area contributed by atoms with Gasteiger partial charge in [-0.25, -0.2) is 12.7 Å². The molecule has 7 heteroatoms. The Morgan fingerprint density at radius 2 is 1.76 bits per heavy atom. The second-order valence-electron chi connectivity index (χ2n) is 5.92. The Morgan fingerprint density at radius 1 is 1.14 bits per heavy atom. The Hall–Kier alpha value is -0.660. The van der Waals surface area contributed by atoms with Crippen LogP contribution in [-0.4, -0.2) is 68.6 Å². The molecule has 6 nitrogen and oxygen atoms in total. The third-order valence-electron chi connectivity index (χ3n) is 4.38. The summed E-state index contributed by atoms with van der Waals surface area (Å²) in [5.74, 6) is 0.447. The molecule has 2 aliphatic rings. The number of nitrogens with zero attached hydrogens (tertiary/aromatic N) is 2. The van der Waals surface area contributed by atoms with Crippen molar-refractivity contribution in [3.8, 4) is 0 Å². The lowest BCUT2D eigenvalue weighted by atomic mass is 9.96. The van der Waals surface area contributed by atoms with Crippen LogP contribution in [-0.2, 0) is 14.8 Å². The molecular formula is C14H27N3O3S. The highest BCUT2D eigenvalue weighted by Gasteiger charge is 2.32. The summed E-state index contributed by atoms with van der Waals surface area (Å²) in [4.78, 5) is 14.3. The number of rotatable bonds is 5. The van der Waals surface area contributed by atoms with Gasteiger partial charge >= 0.3 is 0 Å². The lowest BCUT2D eigenvalue weighted by Crippen LogP contribution is -2.50. The molecule has 0 aromatic carbocycles. The van der Waals surface area contributed by atoms with E-state index in [4.69, 9.17) is 0 Å². The van der Waals surface area contributed by atoms with Crippen molar-refractivity contribution in [2.24, 2.45) is 5.92 Å². The molecule has 122 valence electrons. The molecule has 2 fully saturated rings. The van der Waals surface area contributed by atoms with Gasteiger partial charge in [0.05, 0.1) is 5.75 Å². The number of piperidine rings is 1. The first-order valence-corrected chi connectivity index (χ1v) is 9.63. The van der Waals surface area contributed by atoms with E-state index in [0.717, 1.165) is 32.6 Å². The van der Waals surface area contributed by atoms with Crippen LogP contribution in [0.25, 0.3) is 0 Å². The molecule has 0 saturated carbocycles. The highest BCUT2D eigenvalue weighted by molar-refractivity contribution is 7.89. The van der Waals surface area contributed by atoms with Gasteiger partial charge in [0.1, 0.15) is 0 Å². The topological polar surface area (TPSA) is 69.7 Å². The van der Waals surface area contributed by atoms with Crippen molar-refractivity contribution in [3.05, 3.63) is 0 Å². The minimum atomic E-state index is -3.12. The van der Waals surface area contributed by atoms with Crippen molar-refractivity contribution in [1.29, 1.82) is 0 Å². The highest BCUT2D eigenvalue weighted by Crippen LogP contribution is 2.22. The Kier molecular flexibility index (Phi) is 6.01. The molecular weight excluding hydrogens is 290 g/mol. The summed E-state index contributed by atoms with van der Waals surface area (Å²) < 4.78 is 25.9. The van der Waals surface area contributed by atoms with Crippen LogP contribution in [0, 0.1) is 5.92 Å². The molecule has 2 saturated heterocycles. The van der Waals surface area contributed by atoms with Crippen molar-refractivity contribution in [3.63, 3.8) is 0 Å². The molecule has 0 aromatic heterocycles. The number of hydrogen-bond acceptors (Lipinski definition) is 4. The smallest absolute Gasteiger partial charge is 0.225 e. The maximum absolute atomic E-state index is 12.4. The van der Waals surface area contributed by atoms with E-state index in [2.05, 4.69) is 5.32 Å². The molecule has 0 unspecified atom stereocenters. The fourth-order valence-corrected chi connectivity index (χ4v) is 4.66. The van der Waals surface area contributed by atoms with E-state index in [0.29, 0.717) is 32.4 Å².